The Balaban J connectivity index is 1.55. The molecule has 0 N–H and O–H groups in total. The molecule has 2 heterocycles. The molecule has 3 rings (SSSR count). The van der Waals surface area contributed by atoms with Crippen LogP contribution in [0.25, 0.3) is 0 Å². The quantitative estimate of drug-likeness (QED) is 0.591. The molecule has 0 spiro atoms. The number of pyridine rings is 1. The molecule has 5 nitrogen and oxygen atoms in total. The van der Waals surface area contributed by atoms with E-state index in [0.29, 0.717) is 0 Å². The van der Waals surface area contributed by atoms with E-state index in [2.05, 4.69) is 58.1 Å². The third kappa shape index (κ3) is 4.61. The lowest BCUT2D eigenvalue weighted by Crippen LogP contribution is -2.47. The Bertz CT molecular complexity index is 737. The van der Waals surface area contributed by atoms with Crippen LogP contribution in [0.1, 0.15) is 23.1 Å². The van der Waals surface area contributed by atoms with E-state index in [1.54, 1.807) is 7.11 Å². The summed E-state index contributed by atoms with van der Waals surface area (Å²) in [5.41, 5.74) is 4.76. The Morgan fingerprint density at radius 2 is 1.88 bits per heavy atom. The van der Waals surface area contributed by atoms with Crippen molar-refractivity contribution in [2.75, 3.05) is 44.7 Å². The fourth-order valence-electron chi connectivity index (χ4n) is 3.28. The summed E-state index contributed by atoms with van der Waals surface area (Å²) in [6.45, 7) is 9.38. The smallest absolute Gasteiger partial charge is 0.128 e. The number of aryl methyl sites for hydroxylation is 2. The van der Waals surface area contributed by atoms with Gasteiger partial charge in [-0.05, 0) is 48.7 Å². The Hall–Kier alpha value is -2.40. The van der Waals surface area contributed by atoms with Gasteiger partial charge in [0.2, 0.25) is 0 Å². The first-order valence-electron chi connectivity index (χ1n) is 9.23. The largest absolute Gasteiger partial charge is 0.399 e. The number of hydrogen-bond donors (Lipinski definition) is 0. The summed E-state index contributed by atoms with van der Waals surface area (Å²) in [6, 6.07) is 12.6. The van der Waals surface area contributed by atoms with Crippen LogP contribution in [-0.4, -0.2) is 55.4 Å². The summed E-state index contributed by atoms with van der Waals surface area (Å²) in [5.74, 6) is 1.07. The molecular weight excluding hydrogens is 324 g/mol. The van der Waals surface area contributed by atoms with Crippen LogP contribution in [0.3, 0.4) is 0 Å². The molecule has 1 aliphatic rings. The maximum Gasteiger partial charge on any atom is 0.128 e. The SMILES string of the molecule is CON=C(CCN1CCN(c2ccccn2)CC1)c1ccc(C)c(C)c1. The van der Waals surface area contributed by atoms with Crippen molar-refractivity contribution >= 4 is 11.5 Å². The maximum atomic E-state index is 5.10. The summed E-state index contributed by atoms with van der Waals surface area (Å²) in [4.78, 5) is 14.4. The van der Waals surface area contributed by atoms with E-state index in [1.165, 1.54) is 11.1 Å². The highest BCUT2D eigenvalue weighted by molar-refractivity contribution is 6.00. The number of piperazine rings is 1. The molecule has 5 heteroatoms. The van der Waals surface area contributed by atoms with Crippen LogP contribution in [0.4, 0.5) is 5.82 Å². The van der Waals surface area contributed by atoms with Crippen LogP contribution >= 0.6 is 0 Å². The van der Waals surface area contributed by atoms with Gasteiger partial charge in [-0.1, -0.05) is 23.4 Å². The summed E-state index contributed by atoms with van der Waals surface area (Å²) in [7, 11) is 1.62. The second-order valence-corrected chi connectivity index (χ2v) is 6.79. The number of oxime groups is 1. The van der Waals surface area contributed by atoms with Crippen molar-refractivity contribution in [3.05, 3.63) is 59.3 Å². The fraction of sp³-hybridized carbons (Fsp3) is 0.429. The Kier molecular flexibility index (Phi) is 6.23. The molecule has 1 aromatic carbocycles. The number of aromatic nitrogens is 1. The first kappa shape index (κ1) is 18.4. The monoisotopic (exact) mass is 352 g/mol. The van der Waals surface area contributed by atoms with E-state index in [4.69, 9.17) is 4.84 Å². The fourth-order valence-corrected chi connectivity index (χ4v) is 3.28. The normalized spacial score (nSPS) is 16.0. The van der Waals surface area contributed by atoms with Gasteiger partial charge in [-0.15, -0.1) is 0 Å². The van der Waals surface area contributed by atoms with Crippen molar-refractivity contribution in [2.45, 2.75) is 20.3 Å². The van der Waals surface area contributed by atoms with Crippen molar-refractivity contribution in [3.63, 3.8) is 0 Å². The van der Waals surface area contributed by atoms with Gasteiger partial charge >= 0.3 is 0 Å². The molecule has 1 aliphatic heterocycles. The first-order valence-corrected chi connectivity index (χ1v) is 9.23. The number of nitrogens with zero attached hydrogens (tertiary/aromatic N) is 4. The summed E-state index contributed by atoms with van der Waals surface area (Å²) in [6.07, 6.45) is 2.75. The zero-order chi connectivity index (χ0) is 18.4. The van der Waals surface area contributed by atoms with Crippen LogP contribution < -0.4 is 4.90 Å². The van der Waals surface area contributed by atoms with Crippen molar-refractivity contribution in [2.24, 2.45) is 5.16 Å². The predicted molar refractivity (Wildman–Crippen MR) is 107 cm³/mol. The minimum Gasteiger partial charge on any atom is -0.399 e. The molecule has 2 aromatic rings. The summed E-state index contributed by atoms with van der Waals surface area (Å²) < 4.78 is 0. The molecule has 0 radical (unpaired) electrons. The molecule has 1 aromatic heterocycles. The lowest BCUT2D eigenvalue weighted by Gasteiger charge is -2.35. The van der Waals surface area contributed by atoms with E-state index in [-0.39, 0.29) is 0 Å². The second kappa shape index (κ2) is 8.81. The van der Waals surface area contributed by atoms with Crippen LogP contribution in [-0.2, 0) is 4.84 Å². The van der Waals surface area contributed by atoms with E-state index in [9.17, 15) is 0 Å². The van der Waals surface area contributed by atoms with Gasteiger partial charge in [0, 0.05) is 45.3 Å². The van der Waals surface area contributed by atoms with Gasteiger partial charge in [0.15, 0.2) is 0 Å². The molecule has 0 aliphatic carbocycles. The number of hydrogen-bond acceptors (Lipinski definition) is 5. The minimum absolute atomic E-state index is 0.889. The van der Waals surface area contributed by atoms with E-state index in [1.807, 2.05) is 18.3 Å². The van der Waals surface area contributed by atoms with Gasteiger partial charge in [-0.2, -0.15) is 0 Å². The standard InChI is InChI=1S/C21H28N4O/c1-17-7-8-19(16-18(17)2)20(23-26-3)9-11-24-12-14-25(15-13-24)21-6-4-5-10-22-21/h4-8,10,16H,9,11-15H2,1-3H3. The third-order valence-electron chi connectivity index (χ3n) is 5.05. The first-order chi connectivity index (χ1) is 12.7. The van der Waals surface area contributed by atoms with Crippen molar-refractivity contribution in [1.82, 2.24) is 9.88 Å². The molecule has 0 bridgehead atoms. The third-order valence-corrected chi connectivity index (χ3v) is 5.05. The van der Waals surface area contributed by atoms with Crippen LogP contribution in [0.15, 0.2) is 47.8 Å². The summed E-state index contributed by atoms with van der Waals surface area (Å²) >= 11 is 0. The van der Waals surface area contributed by atoms with Crippen LogP contribution in [0.5, 0.6) is 0 Å². The van der Waals surface area contributed by atoms with Gasteiger partial charge in [0.1, 0.15) is 12.9 Å². The van der Waals surface area contributed by atoms with Gasteiger partial charge in [-0.25, -0.2) is 4.98 Å². The zero-order valence-corrected chi connectivity index (χ0v) is 16.0. The second-order valence-electron chi connectivity index (χ2n) is 6.79. The van der Waals surface area contributed by atoms with Crippen LogP contribution in [0.2, 0.25) is 0 Å². The van der Waals surface area contributed by atoms with E-state index >= 15 is 0 Å². The zero-order valence-electron chi connectivity index (χ0n) is 16.0. The molecule has 0 atom stereocenters. The van der Waals surface area contributed by atoms with Crippen LogP contribution in [0, 0.1) is 13.8 Å². The number of benzene rings is 1. The Morgan fingerprint density at radius 1 is 1.08 bits per heavy atom. The van der Waals surface area contributed by atoms with Gasteiger partial charge in [0.05, 0.1) is 5.71 Å². The highest BCUT2D eigenvalue weighted by Gasteiger charge is 2.18. The number of anilines is 1. The highest BCUT2D eigenvalue weighted by Crippen LogP contribution is 2.15. The van der Waals surface area contributed by atoms with Crippen molar-refractivity contribution in [1.29, 1.82) is 0 Å². The maximum absolute atomic E-state index is 5.10. The topological polar surface area (TPSA) is 41.0 Å². The molecular formula is C21H28N4O. The van der Waals surface area contributed by atoms with Gasteiger partial charge < -0.3 is 9.74 Å². The predicted octanol–water partition coefficient (Wildman–Crippen LogP) is 3.26. The molecule has 138 valence electrons. The average Bonchev–Trinajstić information content (AvgIpc) is 2.68. The van der Waals surface area contributed by atoms with E-state index in [0.717, 1.165) is 56.2 Å². The highest BCUT2D eigenvalue weighted by atomic mass is 16.6. The van der Waals surface area contributed by atoms with Crippen molar-refractivity contribution < 1.29 is 4.84 Å². The lowest BCUT2D eigenvalue weighted by atomic mass is 10.0. The Morgan fingerprint density at radius 3 is 2.54 bits per heavy atom. The molecule has 1 saturated heterocycles. The minimum atomic E-state index is 0.889. The van der Waals surface area contributed by atoms with E-state index < -0.39 is 0 Å². The summed E-state index contributed by atoms with van der Waals surface area (Å²) in [5, 5.41) is 4.28. The lowest BCUT2D eigenvalue weighted by molar-refractivity contribution is 0.211. The molecule has 26 heavy (non-hydrogen) atoms. The van der Waals surface area contributed by atoms with Gasteiger partial charge in [0.25, 0.3) is 0 Å². The molecule has 1 fully saturated rings. The van der Waals surface area contributed by atoms with Gasteiger partial charge in [-0.3, -0.25) is 4.90 Å². The Labute approximate surface area is 156 Å². The molecule has 0 amide bonds. The average molecular weight is 352 g/mol. The number of rotatable bonds is 6. The molecule has 0 saturated carbocycles. The van der Waals surface area contributed by atoms with Crippen molar-refractivity contribution in [3.8, 4) is 0 Å². The molecule has 0 unspecified atom stereocenters.